The third-order valence-corrected chi connectivity index (χ3v) is 4.88. The van der Waals surface area contributed by atoms with Gasteiger partial charge >= 0.3 is 0 Å². The van der Waals surface area contributed by atoms with Gasteiger partial charge in [-0.15, -0.1) is 0 Å². The van der Waals surface area contributed by atoms with Crippen LogP contribution in [0.3, 0.4) is 0 Å². The van der Waals surface area contributed by atoms with Gasteiger partial charge in [0.1, 0.15) is 5.69 Å². The predicted molar refractivity (Wildman–Crippen MR) is 83.7 cm³/mol. The number of nitrogens with one attached hydrogen (secondary N) is 1. The van der Waals surface area contributed by atoms with Gasteiger partial charge in [-0.25, -0.2) is 0 Å². The highest BCUT2D eigenvalue weighted by molar-refractivity contribution is 5.92. The van der Waals surface area contributed by atoms with E-state index in [0.717, 1.165) is 32.6 Å². The van der Waals surface area contributed by atoms with Crippen LogP contribution in [-0.2, 0) is 11.8 Å². The molecule has 1 N–H and O–H groups in total. The molecule has 2 saturated heterocycles. The molecule has 6 nitrogen and oxygen atoms in total. The number of aryl methyl sites for hydroxylation is 1. The molecule has 6 heteroatoms. The van der Waals surface area contributed by atoms with E-state index < -0.39 is 0 Å². The van der Waals surface area contributed by atoms with Crippen LogP contribution in [0.4, 0.5) is 0 Å². The van der Waals surface area contributed by atoms with Crippen LogP contribution < -0.4 is 5.32 Å². The van der Waals surface area contributed by atoms with Gasteiger partial charge in [-0.3, -0.25) is 9.48 Å². The van der Waals surface area contributed by atoms with Crippen LogP contribution in [-0.4, -0.2) is 60.0 Å². The average molecular weight is 306 g/mol. The first-order chi connectivity index (χ1) is 10.7. The molecule has 2 aliphatic rings. The van der Waals surface area contributed by atoms with Gasteiger partial charge in [-0.2, -0.15) is 5.10 Å². The molecule has 0 spiro atoms. The molecular formula is C16H26N4O2. The Morgan fingerprint density at radius 1 is 1.36 bits per heavy atom. The van der Waals surface area contributed by atoms with Gasteiger partial charge in [0.05, 0.1) is 0 Å². The summed E-state index contributed by atoms with van der Waals surface area (Å²) in [4.78, 5) is 14.8. The van der Waals surface area contributed by atoms with Crippen molar-refractivity contribution >= 4 is 5.91 Å². The highest BCUT2D eigenvalue weighted by Gasteiger charge is 2.35. The maximum Gasteiger partial charge on any atom is 0.271 e. The van der Waals surface area contributed by atoms with E-state index in [4.69, 9.17) is 4.74 Å². The van der Waals surface area contributed by atoms with Crippen molar-refractivity contribution in [3.05, 3.63) is 18.0 Å². The number of nitrogens with zero attached hydrogens (tertiary/aromatic N) is 3. The average Bonchev–Trinajstić information content (AvgIpc) is 3.17. The summed E-state index contributed by atoms with van der Waals surface area (Å²) in [7, 11) is 1.82. The number of carbonyl (C=O) groups is 1. The molecule has 0 aromatic carbocycles. The van der Waals surface area contributed by atoms with Crippen LogP contribution in [0.5, 0.6) is 0 Å². The van der Waals surface area contributed by atoms with Gasteiger partial charge in [0.2, 0.25) is 0 Å². The quantitative estimate of drug-likeness (QED) is 0.883. The van der Waals surface area contributed by atoms with E-state index in [1.807, 2.05) is 7.05 Å². The second-order valence-electron chi connectivity index (χ2n) is 6.65. The van der Waals surface area contributed by atoms with E-state index in [1.165, 1.54) is 25.9 Å². The lowest BCUT2D eigenvalue weighted by Gasteiger charge is -2.40. The van der Waals surface area contributed by atoms with Crippen molar-refractivity contribution < 1.29 is 9.53 Å². The summed E-state index contributed by atoms with van der Waals surface area (Å²) in [5, 5.41) is 7.27. The molecule has 1 aromatic rings. The lowest BCUT2D eigenvalue weighted by atomic mass is 9.79. The van der Waals surface area contributed by atoms with Crippen molar-refractivity contribution in [3.8, 4) is 0 Å². The van der Waals surface area contributed by atoms with Gasteiger partial charge < -0.3 is 15.0 Å². The summed E-state index contributed by atoms with van der Waals surface area (Å²) in [5.74, 6) is -0.0760. The Morgan fingerprint density at radius 3 is 2.73 bits per heavy atom. The molecule has 22 heavy (non-hydrogen) atoms. The zero-order valence-corrected chi connectivity index (χ0v) is 13.4. The standard InChI is InChI=1S/C16H26N4O2/c1-19-9-4-14(18-19)15(21)17-12-16(5-10-22-11-6-16)13-20-7-2-3-8-20/h4,9H,2-3,5-8,10-13H2,1H3,(H,17,21). The molecule has 2 fully saturated rings. The number of rotatable bonds is 5. The Labute approximate surface area is 131 Å². The molecule has 3 heterocycles. The zero-order chi connectivity index (χ0) is 15.4. The maximum absolute atomic E-state index is 12.2. The molecule has 3 rings (SSSR count). The number of amides is 1. The molecule has 2 aliphatic heterocycles. The summed E-state index contributed by atoms with van der Waals surface area (Å²) in [6.45, 7) is 5.76. The molecule has 122 valence electrons. The number of aromatic nitrogens is 2. The molecule has 0 atom stereocenters. The van der Waals surface area contributed by atoms with Crippen LogP contribution in [0.25, 0.3) is 0 Å². The van der Waals surface area contributed by atoms with Crippen molar-refractivity contribution in [2.24, 2.45) is 12.5 Å². The molecular weight excluding hydrogens is 280 g/mol. The fourth-order valence-electron chi connectivity index (χ4n) is 3.50. The fourth-order valence-corrected chi connectivity index (χ4v) is 3.50. The van der Waals surface area contributed by atoms with Gasteiger partial charge in [0.25, 0.3) is 5.91 Å². The van der Waals surface area contributed by atoms with Crippen LogP contribution in [0.15, 0.2) is 12.3 Å². The second kappa shape index (κ2) is 6.79. The molecule has 1 aromatic heterocycles. The topological polar surface area (TPSA) is 59.4 Å². The third kappa shape index (κ3) is 3.67. The van der Waals surface area contributed by atoms with E-state index in [0.29, 0.717) is 12.2 Å². The Hall–Kier alpha value is -1.40. The molecule has 0 unspecified atom stereocenters. The number of ether oxygens (including phenoxy) is 1. The summed E-state index contributed by atoms with van der Waals surface area (Å²) < 4.78 is 7.19. The molecule has 0 bridgehead atoms. The van der Waals surface area contributed by atoms with Crippen molar-refractivity contribution in [1.29, 1.82) is 0 Å². The third-order valence-electron chi connectivity index (χ3n) is 4.88. The molecule has 0 radical (unpaired) electrons. The highest BCUT2D eigenvalue weighted by atomic mass is 16.5. The number of carbonyl (C=O) groups excluding carboxylic acids is 1. The van der Waals surface area contributed by atoms with E-state index in [1.54, 1.807) is 16.9 Å². The van der Waals surface area contributed by atoms with E-state index in [9.17, 15) is 4.79 Å². The summed E-state index contributed by atoms with van der Waals surface area (Å²) in [6, 6.07) is 1.76. The lowest BCUT2D eigenvalue weighted by Crippen LogP contribution is -2.48. The van der Waals surface area contributed by atoms with E-state index in [-0.39, 0.29) is 11.3 Å². The predicted octanol–water partition coefficient (Wildman–Crippen LogP) is 1.04. The first-order valence-corrected chi connectivity index (χ1v) is 8.25. The lowest BCUT2D eigenvalue weighted by molar-refractivity contribution is -0.000655. The Kier molecular flexibility index (Phi) is 4.78. The zero-order valence-electron chi connectivity index (χ0n) is 13.4. The molecule has 0 saturated carbocycles. The normalized spacial score (nSPS) is 21.9. The van der Waals surface area contributed by atoms with Crippen LogP contribution >= 0.6 is 0 Å². The number of hydrogen-bond acceptors (Lipinski definition) is 4. The van der Waals surface area contributed by atoms with Crippen LogP contribution in [0, 0.1) is 5.41 Å². The Balaban J connectivity index is 1.60. The largest absolute Gasteiger partial charge is 0.381 e. The van der Waals surface area contributed by atoms with Gasteiger partial charge in [0, 0.05) is 45.0 Å². The van der Waals surface area contributed by atoms with Crippen molar-refractivity contribution in [2.75, 3.05) is 39.4 Å². The Bertz CT molecular complexity index is 502. The van der Waals surface area contributed by atoms with Crippen LogP contribution in [0.1, 0.15) is 36.2 Å². The smallest absolute Gasteiger partial charge is 0.271 e. The number of hydrogen-bond donors (Lipinski definition) is 1. The van der Waals surface area contributed by atoms with Crippen molar-refractivity contribution in [2.45, 2.75) is 25.7 Å². The monoisotopic (exact) mass is 306 g/mol. The second-order valence-corrected chi connectivity index (χ2v) is 6.65. The first-order valence-electron chi connectivity index (χ1n) is 8.25. The SMILES string of the molecule is Cn1ccc(C(=O)NCC2(CN3CCCC3)CCOCC2)n1. The van der Waals surface area contributed by atoms with E-state index in [2.05, 4.69) is 15.3 Å². The minimum atomic E-state index is -0.0760. The van der Waals surface area contributed by atoms with E-state index >= 15 is 0 Å². The maximum atomic E-state index is 12.2. The van der Waals surface area contributed by atoms with Crippen molar-refractivity contribution in [1.82, 2.24) is 20.0 Å². The van der Waals surface area contributed by atoms with Gasteiger partial charge in [0.15, 0.2) is 0 Å². The highest BCUT2D eigenvalue weighted by Crippen LogP contribution is 2.32. The van der Waals surface area contributed by atoms with Gasteiger partial charge in [-0.05, 0) is 44.8 Å². The molecule has 1 amide bonds. The minimum Gasteiger partial charge on any atom is -0.381 e. The summed E-state index contributed by atoms with van der Waals surface area (Å²) in [5.41, 5.74) is 0.637. The Morgan fingerprint density at radius 2 is 2.09 bits per heavy atom. The summed E-state index contributed by atoms with van der Waals surface area (Å²) in [6.07, 6.45) is 6.43. The summed E-state index contributed by atoms with van der Waals surface area (Å²) >= 11 is 0. The van der Waals surface area contributed by atoms with Gasteiger partial charge in [-0.1, -0.05) is 0 Å². The minimum absolute atomic E-state index is 0.0760. The first kappa shape index (κ1) is 15.5. The molecule has 0 aliphatic carbocycles. The number of likely N-dealkylation sites (tertiary alicyclic amines) is 1. The van der Waals surface area contributed by atoms with Crippen molar-refractivity contribution in [3.63, 3.8) is 0 Å². The van der Waals surface area contributed by atoms with Crippen LogP contribution in [0.2, 0.25) is 0 Å². The fraction of sp³-hybridized carbons (Fsp3) is 0.750.